The summed E-state index contributed by atoms with van der Waals surface area (Å²) in [6.45, 7) is 6.79. The number of nitrogens with one attached hydrogen (secondary N) is 1. The molecule has 1 aliphatic rings. The lowest BCUT2D eigenvalue weighted by atomic mass is 9.89. The maximum atomic E-state index is 12.4. The van der Waals surface area contributed by atoms with Gasteiger partial charge in [-0.1, -0.05) is 20.3 Å². The van der Waals surface area contributed by atoms with E-state index in [0.717, 1.165) is 0 Å². The van der Waals surface area contributed by atoms with Gasteiger partial charge in [0.25, 0.3) is 0 Å². The molecule has 21 heavy (non-hydrogen) atoms. The third-order valence-corrected chi connectivity index (χ3v) is 3.88. The first kappa shape index (κ1) is 17.8. The van der Waals surface area contributed by atoms with Gasteiger partial charge in [0.2, 0.25) is 11.8 Å². The highest BCUT2D eigenvalue weighted by atomic mass is 19.4. The fourth-order valence-corrected chi connectivity index (χ4v) is 2.54. The van der Waals surface area contributed by atoms with Crippen LogP contribution >= 0.6 is 0 Å². The Labute approximate surface area is 123 Å². The number of carbonyl (C=O) groups excluding carboxylic acids is 2. The molecular formula is C14H23F3N2O2. The number of alkyl halides is 3. The van der Waals surface area contributed by atoms with E-state index in [1.807, 2.05) is 13.8 Å². The Morgan fingerprint density at radius 2 is 1.90 bits per heavy atom. The van der Waals surface area contributed by atoms with Gasteiger partial charge < -0.3 is 10.2 Å². The van der Waals surface area contributed by atoms with E-state index in [1.54, 1.807) is 13.8 Å². The Kier molecular flexibility index (Phi) is 5.28. The molecule has 1 fully saturated rings. The molecule has 0 bridgehead atoms. The Morgan fingerprint density at radius 1 is 1.33 bits per heavy atom. The van der Waals surface area contributed by atoms with Crippen molar-refractivity contribution in [1.82, 2.24) is 10.2 Å². The van der Waals surface area contributed by atoms with Crippen LogP contribution in [0.25, 0.3) is 0 Å². The van der Waals surface area contributed by atoms with Crippen LogP contribution in [-0.4, -0.2) is 41.0 Å². The van der Waals surface area contributed by atoms with Gasteiger partial charge in [-0.3, -0.25) is 9.59 Å². The van der Waals surface area contributed by atoms with E-state index in [0.29, 0.717) is 6.42 Å². The minimum Gasteiger partial charge on any atom is -0.340 e. The van der Waals surface area contributed by atoms with Crippen molar-refractivity contribution < 1.29 is 22.8 Å². The average Bonchev–Trinajstić information content (AvgIpc) is 2.32. The molecule has 0 aromatic rings. The zero-order chi connectivity index (χ0) is 16.4. The van der Waals surface area contributed by atoms with Crippen molar-refractivity contribution in [2.45, 2.75) is 64.7 Å². The van der Waals surface area contributed by atoms with Crippen molar-refractivity contribution in [3.05, 3.63) is 0 Å². The molecule has 0 aromatic carbocycles. The predicted molar refractivity (Wildman–Crippen MR) is 72.5 cm³/mol. The van der Waals surface area contributed by atoms with Gasteiger partial charge in [-0.2, -0.15) is 13.2 Å². The van der Waals surface area contributed by atoms with E-state index in [2.05, 4.69) is 5.32 Å². The molecule has 2 atom stereocenters. The summed E-state index contributed by atoms with van der Waals surface area (Å²) >= 11 is 0. The molecule has 0 spiro atoms. The smallest absolute Gasteiger partial charge is 0.340 e. The Bertz CT molecular complexity index is 408. The first-order valence-corrected chi connectivity index (χ1v) is 7.19. The van der Waals surface area contributed by atoms with Crippen LogP contribution in [-0.2, 0) is 9.59 Å². The van der Waals surface area contributed by atoms with Crippen molar-refractivity contribution in [2.75, 3.05) is 6.54 Å². The van der Waals surface area contributed by atoms with Crippen molar-refractivity contribution in [1.29, 1.82) is 0 Å². The molecule has 0 saturated carbocycles. The Morgan fingerprint density at radius 3 is 2.38 bits per heavy atom. The van der Waals surface area contributed by atoms with E-state index >= 15 is 0 Å². The maximum absolute atomic E-state index is 12.4. The van der Waals surface area contributed by atoms with Gasteiger partial charge in [-0.15, -0.1) is 0 Å². The number of piperazine rings is 1. The van der Waals surface area contributed by atoms with E-state index in [4.69, 9.17) is 0 Å². The van der Waals surface area contributed by atoms with Crippen molar-refractivity contribution in [3.8, 4) is 0 Å². The van der Waals surface area contributed by atoms with E-state index < -0.39 is 24.2 Å². The molecule has 122 valence electrons. The van der Waals surface area contributed by atoms with Gasteiger partial charge in [-0.05, 0) is 26.2 Å². The molecular weight excluding hydrogens is 285 g/mol. The monoisotopic (exact) mass is 308 g/mol. The number of carbonyl (C=O) groups is 2. The number of amides is 2. The van der Waals surface area contributed by atoms with Crippen molar-refractivity contribution in [3.63, 3.8) is 0 Å². The van der Waals surface area contributed by atoms with E-state index in [-0.39, 0.29) is 30.7 Å². The van der Waals surface area contributed by atoms with Crippen LogP contribution in [0.3, 0.4) is 0 Å². The van der Waals surface area contributed by atoms with Crippen LogP contribution in [0.1, 0.15) is 47.0 Å². The summed E-state index contributed by atoms with van der Waals surface area (Å²) in [6, 6.07) is -0.691. The zero-order valence-corrected chi connectivity index (χ0v) is 12.9. The summed E-state index contributed by atoms with van der Waals surface area (Å²) in [6.07, 6.45) is -4.72. The van der Waals surface area contributed by atoms with E-state index in [1.165, 1.54) is 4.90 Å². The summed E-state index contributed by atoms with van der Waals surface area (Å²) in [5.74, 6) is -0.716. The maximum Gasteiger partial charge on any atom is 0.389 e. The number of halogens is 3. The fourth-order valence-electron chi connectivity index (χ4n) is 2.54. The first-order valence-electron chi connectivity index (χ1n) is 7.19. The third-order valence-electron chi connectivity index (χ3n) is 3.88. The predicted octanol–water partition coefficient (Wildman–Crippen LogP) is 2.48. The number of hydrogen-bond donors (Lipinski definition) is 1. The Balaban J connectivity index is 2.89. The average molecular weight is 308 g/mol. The number of hydrogen-bond acceptors (Lipinski definition) is 2. The lowest BCUT2D eigenvalue weighted by molar-refractivity contribution is -0.157. The number of rotatable bonds is 5. The first-order chi connectivity index (χ1) is 9.49. The van der Waals surface area contributed by atoms with Gasteiger partial charge in [0.15, 0.2) is 0 Å². The molecule has 2 amide bonds. The quantitative estimate of drug-likeness (QED) is 0.848. The van der Waals surface area contributed by atoms with Gasteiger partial charge in [0.1, 0.15) is 11.6 Å². The molecule has 1 heterocycles. The van der Waals surface area contributed by atoms with Crippen molar-refractivity contribution in [2.24, 2.45) is 5.92 Å². The highest BCUT2D eigenvalue weighted by Crippen LogP contribution is 2.27. The molecule has 0 radical (unpaired) electrons. The Hall–Kier alpha value is -1.27. The molecule has 4 nitrogen and oxygen atoms in total. The van der Waals surface area contributed by atoms with Gasteiger partial charge in [-0.25, -0.2) is 0 Å². The van der Waals surface area contributed by atoms with Crippen LogP contribution in [0.15, 0.2) is 0 Å². The molecule has 0 aromatic heterocycles. The summed E-state index contributed by atoms with van der Waals surface area (Å²) in [4.78, 5) is 25.9. The highest BCUT2D eigenvalue weighted by Gasteiger charge is 2.46. The summed E-state index contributed by atoms with van der Waals surface area (Å²) in [5, 5.41) is 2.65. The normalized spacial score (nSPS) is 24.0. The van der Waals surface area contributed by atoms with E-state index in [9.17, 15) is 22.8 Å². The van der Waals surface area contributed by atoms with Crippen molar-refractivity contribution >= 4 is 11.8 Å². The lowest BCUT2D eigenvalue weighted by Crippen LogP contribution is -2.69. The zero-order valence-electron chi connectivity index (χ0n) is 12.9. The minimum absolute atomic E-state index is 0.0514. The summed E-state index contributed by atoms with van der Waals surface area (Å²) in [5.41, 5.74) is -1.07. The largest absolute Gasteiger partial charge is 0.389 e. The second-order valence-corrected chi connectivity index (χ2v) is 6.16. The summed E-state index contributed by atoms with van der Waals surface area (Å²) in [7, 11) is 0. The molecule has 0 aliphatic carbocycles. The second-order valence-electron chi connectivity index (χ2n) is 6.16. The molecule has 1 N–H and O–H groups in total. The summed E-state index contributed by atoms with van der Waals surface area (Å²) < 4.78 is 36.8. The number of nitrogens with zero attached hydrogens (tertiary/aromatic N) is 1. The van der Waals surface area contributed by atoms with Crippen LogP contribution in [0, 0.1) is 5.92 Å². The molecule has 2 unspecified atom stereocenters. The van der Waals surface area contributed by atoms with Crippen LogP contribution in [0.2, 0.25) is 0 Å². The second kappa shape index (κ2) is 6.23. The van der Waals surface area contributed by atoms with Gasteiger partial charge in [0, 0.05) is 13.0 Å². The minimum atomic E-state index is -4.25. The van der Waals surface area contributed by atoms with Crippen LogP contribution in [0.5, 0.6) is 0 Å². The lowest BCUT2D eigenvalue weighted by Gasteiger charge is -2.45. The molecule has 1 rings (SSSR count). The highest BCUT2D eigenvalue weighted by molar-refractivity contribution is 5.99. The van der Waals surface area contributed by atoms with Crippen LogP contribution in [0.4, 0.5) is 13.2 Å². The molecule has 7 heteroatoms. The molecule has 1 saturated heterocycles. The molecule has 1 aliphatic heterocycles. The van der Waals surface area contributed by atoms with Gasteiger partial charge in [0.05, 0.1) is 0 Å². The van der Waals surface area contributed by atoms with Crippen LogP contribution < -0.4 is 5.32 Å². The standard InChI is InChI=1S/C14H23F3N2O2/c1-5-9(2)10-11(20)18-13(3,4)12(21)19(10)8-6-7-14(15,16)17/h9-10H,5-8H2,1-4H3,(H,18,20). The topological polar surface area (TPSA) is 49.4 Å². The fraction of sp³-hybridized carbons (Fsp3) is 0.857. The third kappa shape index (κ3) is 4.35. The van der Waals surface area contributed by atoms with Gasteiger partial charge >= 0.3 is 6.18 Å². The SMILES string of the molecule is CCC(C)C1C(=O)NC(C)(C)C(=O)N1CCCC(F)(F)F.